The van der Waals surface area contributed by atoms with Crippen LogP contribution in [0.4, 0.5) is 52.7 Å². The van der Waals surface area contributed by atoms with E-state index in [4.69, 9.17) is 17.0 Å². The second kappa shape index (κ2) is 19.1. The predicted octanol–water partition coefficient (Wildman–Crippen LogP) is 20.1. The molecule has 0 aliphatic heterocycles. The van der Waals surface area contributed by atoms with Crippen LogP contribution in [0.15, 0.2) is 132 Å². The molecule has 2 aliphatic carbocycles. The Balaban J connectivity index is 1.49. The molecule has 2 aliphatic rings. The Hall–Kier alpha value is -4.36. The van der Waals surface area contributed by atoms with Gasteiger partial charge in [-0.25, -0.2) is 0 Å². The Morgan fingerprint density at radius 3 is 1.03 bits per heavy atom. The van der Waals surface area contributed by atoms with E-state index in [1.807, 2.05) is 65.1 Å². The van der Waals surface area contributed by atoms with Crippen molar-refractivity contribution in [2.45, 2.75) is 85.6 Å². The molecule has 0 nitrogen and oxygen atoms in total. The second-order valence-corrected chi connectivity index (χ2v) is 62.0. The number of alkyl halides is 12. The van der Waals surface area contributed by atoms with Crippen molar-refractivity contribution in [2.24, 2.45) is 11.8 Å². The molecule has 0 saturated carbocycles. The molecule has 0 amide bonds. The van der Waals surface area contributed by atoms with E-state index in [1.165, 1.54) is 0 Å². The molecule has 0 saturated heterocycles. The van der Waals surface area contributed by atoms with Crippen LogP contribution < -0.4 is 0 Å². The van der Waals surface area contributed by atoms with Gasteiger partial charge in [0.25, 0.3) is 0 Å². The van der Waals surface area contributed by atoms with Crippen LogP contribution in [0.25, 0.3) is 56.7 Å². The Kier molecular flexibility index (Phi) is 14.3. The van der Waals surface area contributed by atoms with Crippen molar-refractivity contribution in [3.8, 4) is 44.5 Å². The van der Waals surface area contributed by atoms with Gasteiger partial charge in [-0.15, -0.1) is 0 Å². The van der Waals surface area contributed by atoms with Gasteiger partial charge >= 0.3 is 422 Å². The predicted molar refractivity (Wildman–Crippen MR) is 266 cm³/mol. The third kappa shape index (κ3) is 9.53. The summed E-state index contributed by atoms with van der Waals surface area (Å²) < 4.78 is 174. The van der Waals surface area contributed by atoms with Crippen molar-refractivity contribution >= 4 is 35.1 Å². The maximum absolute atomic E-state index is 14.6. The van der Waals surface area contributed by atoms with Gasteiger partial charge in [-0.05, 0) is 0 Å². The zero-order chi connectivity index (χ0) is 52.7. The summed E-state index contributed by atoms with van der Waals surface area (Å²) >= 11 is -6.07. The molecule has 72 heavy (non-hydrogen) atoms. The quantitative estimate of drug-likeness (QED) is 0.0896. The van der Waals surface area contributed by atoms with Crippen molar-refractivity contribution in [3.63, 3.8) is 0 Å². The second-order valence-electron chi connectivity index (χ2n) is 19.5. The van der Waals surface area contributed by atoms with E-state index in [9.17, 15) is 52.7 Å². The van der Waals surface area contributed by atoms with Crippen LogP contribution in [0, 0.1) is 11.8 Å². The molecular weight excluding hydrogens is 1090 g/mol. The van der Waals surface area contributed by atoms with Crippen molar-refractivity contribution in [1.82, 2.24) is 0 Å². The fourth-order valence-electron chi connectivity index (χ4n) is 10.9. The molecule has 0 bridgehead atoms. The number of benzene rings is 6. The summed E-state index contributed by atoms with van der Waals surface area (Å²) in [6.45, 7) is 11.9. The van der Waals surface area contributed by atoms with Crippen molar-refractivity contribution < 1.29 is 68.2 Å². The average Bonchev–Trinajstić information content (AvgIpc) is 3.93. The number of hydrogen-bond acceptors (Lipinski definition) is 0. The van der Waals surface area contributed by atoms with Crippen molar-refractivity contribution in [2.75, 3.05) is 0 Å². The topological polar surface area (TPSA) is 0 Å². The molecule has 6 aromatic carbocycles. The number of halogens is 14. The molecule has 8 rings (SSSR count). The van der Waals surface area contributed by atoms with Crippen LogP contribution in [0.2, 0.25) is 13.1 Å². The number of rotatable bonds is 11. The third-order valence-electron chi connectivity index (χ3n) is 15.0. The molecule has 6 aromatic rings. The first-order chi connectivity index (χ1) is 33.5. The van der Waals surface area contributed by atoms with Crippen molar-refractivity contribution in [1.29, 1.82) is 0 Å². The average molecular weight is 1140 g/mol. The van der Waals surface area contributed by atoms with E-state index in [1.54, 1.807) is 72.8 Å². The van der Waals surface area contributed by atoms with Crippen LogP contribution >= 0.6 is 17.0 Å². The van der Waals surface area contributed by atoms with Gasteiger partial charge in [-0.1, -0.05) is 0 Å². The Morgan fingerprint density at radius 2 is 0.764 bits per heavy atom. The summed E-state index contributed by atoms with van der Waals surface area (Å²) in [4.78, 5) is 0. The number of hydrogen-bond donors (Lipinski definition) is 0. The van der Waals surface area contributed by atoms with E-state index < -0.39 is 75.7 Å². The summed E-state index contributed by atoms with van der Waals surface area (Å²) in [5, 5.41) is 0. The molecule has 4 atom stereocenters. The SMILES string of the molecule is CCC(C)C1=Cc2c(ccc(-c3ccccc3)c2-c2cc(C(F)(F)F)cc(C(F)(F)F)c2)[CH]1[Zr]([Cl])([Cl])([CH]1C(C(C)CC)=Cc2c1ccc(-c1ccccc1)c2-c1cc(C(F)(F)F)cc(C(F)(F)F)c1)[SiH](C)C. The monoisotopic (exact) mass is 1140 g/mol. The van der Waals surface area contributed by atoms with Gasteiger partial charge in [0.1, 0.15) is 0 Å². The van der Waals surface area contributed by atoms with Crippen LogP contribution in [-0.2, 0) is 40.3 Å². The van der Waals surface area contributed by atoms with Crippen LogP contribution in [0.1, 0.15) is 92.3 Å². The molecule has 0 fully saturated rings. The molecule has 0 aromatic heterocycles. The molecule has 0 radical (unpaired) electrons. The van der Waals surface area contributed by atoms with E-state index >= 15 is 0 Å². The Labute approximate surface area is 419 Å². The summed E-state index contributed by atoms with van der Waals surface area (Å²) in [6.07, 6.45) is -15.8. The summed E-state index contributed by atoms with van der Waals surface area (Å²) in [6, 6.07) is 27.3. The minimum atomic E-state index is -6.07. The van der Waals surface area contributed by atoms with Crippen LogP contribution in [0.3, 0.4) is 0 Å². The molecule has 4 unspecified atom stereocenters. The molecular formula is C56H49Cl2F12SiZr. The van der Waals surface area contributed by atoms with Crippen LogP contribution in [0.5, 0.6) is 0 Å². The summed E-state index contributed by atoms with van der Waals surface area (Å²) in [5.41, 5.74) is -1.23. The molecule has 16 heteroatoms. The first-order valence-corrected chi connectivity index (χ1v) is 39.9. The standard InChI is InChI=1S/2C27H21F6.C2H7Si.2ClH.Zr/c2*1-3-16(2)19-11-18-9-10-23(17-7-5-4-6-8-17)25(24(18)14-19)20-12-21(26(28,29)30)15-22(13-20)27(31,32)33;1-3-2;;;/h2*4-16H,3H2,1-2H3;3H,1-2H3;2*1H;/q;;;;;+2/p-2. The van der Waals surface area contributed by atoms with E-state index in [2.05, 4.69) is 0 Å². The first kappa shape index (κ1) is 53.9. The van der Waals surface area contributed by atoms with E-state index in [0.29, 0.717) is 57.3 Å². The van der Waals surface area contributed by atoms with E-state index in [0.717, 1.165) is 35.4 Å². The molecule has 379 valence electrons. The van der Waals surface area contributed by atoms with Gasteiger partial charge in [-0.2, -0.15) is 0 Å². The normalized spacial score (nSPS) is 17.8. The Bertz CT molecular complexity index is 2850. The molecule has 0 heterocycles. The first-order valence-electron chi connectivity index (χ1n) is 23.5. The van der Waals surface area contributed by atoms with Gasteiger partial charge in [-0.3, -0.25) is 0 Å². The van der Waals surface area contributed by atoms with Gasteiger partial charge in [0.05, 0.1) is 0 Å². The minimum absolute atomic E-state index is 0.0947. The van der Waals surface area contributed by atoms with Gasteiger partial charge in [0.2, 0.25) is 0 Å². The fraction of sp³-hybridized carbons (Fsp3) is 0.286. The van der Waals surface area contributed by atoms with Gasteiger partial charge < -0.3 is 0 Å². The van der Waals surface area contributed by atoms with Crippen LogP contribution in [-0.4, -0.2) is 5.92 Å². The van der Waals surface area contributed by atoms with Crippen molar-refractivity contribution in [3.05, 3.63) is 177 Å². The van der Waals surface area contributed by atoms with Gasteiger partial charge in [0.15, 0.2) is 0 Å². The molecule has 0 N–H and O–H groups in total. The summed E-state index contributed by atoms with van der Waals surface area (Å²) in [7, 11) is 17.6. The number of fused-ring (bicyclic) bond motifs is 2. The zero-order valence-electron chi connectivity index (χ0n) is 39.8. The maximum atomic E-state index is 14.6. The van der Waals surface area contributed by atoms with E-state index in [-0.39, 0.29) is 46.2 Å². The third-order valence-corrected chi connectivity index (χ3v) is 66.6. The fourth-order valence-corrected chi connectivity index (χ4v) is 42.1. The number of allylic oxidation sites excluding steroid dienone is 2. The molecule has 0 spiro atoms. The zero-order valence-corrected chi connectivity index (χ0v) is 44.9. The Morgan fingerprint density at radius 1 is 0.458 bits per heavy atom. The summed E-state index contributed by atoms with van der Waals surface area (Å²) in [5.74, 6) is -3.06. The van der Waals surface area contributed by atoms with Gasteiger partial charge in [0, 0.05) is 0 Å².